The molecule has 0 atom stereocenters. The number of aryl methyl sites for hydroxylation is 1. The minimum atomic E-state index is 1.11. The third-order valence-electron chi connectivity index (χ3n) is 2.03. The van der Waals surface area contributed by atoms with Gasteiger partial charge in [-0.3, -0.25) is 4.98 Å². The van der Waals surface area contributed by atoms with Crippen molar-refractivity contribution in [1.29, 1.82) is 0 Å². The number of halogens is 2. The van der Waals surface area contributed by atoms with E-state index in [4.69, 9.17) is 0 Å². The van der Waals surface area contributed by atoms with Crippen molar-refractivity contribution in [2.45, 2.75) is 6.92 Å². The summed E-state index contributed by atoms with van der Waals surface area (Å²) < 4.78 is 2.31. The lowest BCUT2D eigenvalue weighted by Crippen LogP contribution is -1.85. The van der Waals surface area contributed by atoms with Crippen LogP contribution in [0.25, 0.3) is 10.8 Å². The molecule has 2 aromatic rings. The average Bonchev–Trinajstić information content (AvgIpc) is 2.12. The molecular formula is C10H7BrIN. The van der Waals surface area contributed by atoms with Gasteiger partial charge in [0.25, 0.3) is 0 Å². The Balaban J connectivity index is 3.00. The zero-order valence-electron chi connectivity index (χ0n) is 7.01. The minimum absolute atomic E-state index is 1.11. The fraction of sp³-hybridized carbons (Fsp3) is 0.100. The number of hydrogen-bond donors (Lipinski definition) is 0. The van der Waals surface area contributed by atoms with E-state index in [-0.39, 0.29) is 0 Å². The Morgan fingerprint density at radius 3 is 2.77 bits per heavy atom. The molecule has 1 aromatic heterocycles. The zero-order chi connectivity index (χ0) is 9.42. The molecule has 0 radical (unpaired) electrons. The first-order valence-electron chi connectivity index (χ1n) is 3.88. The van der Waals surface area contributed by atoms with Crippen LogP contribution < -0.4 is 0 Å². The summed E-state index contributed by atoms with van der Waals surface area (Å²) in [5.41, 5.74) is 1.30. The summed E-state index contributed by atoms with van der Waals surface area (Å²) in [5.74, 6) is 0. The molecule has 0 aliphatic carbocycles. The first-order chi connectivity index (χ1) is 6.20. The molecule has 0 spiro atoms. The second kappa shape index (κ2) is 3.53. The summed E-state index contributed by atoms with van der Waals surface area (Å²) in [7, 11) is 0. The zero-order valence-corrected chi connectivity index (χ0v) is 10.8. The van der Waals surface area contributed by atoms with Gasteiger partial charge in [-0.15, -0.1) is 0 Å². The molecule has 66 valence electrons. The molecule has 1 nitrogen and oxygen atoms in total. The van der Waals surface area contributed by atoms with Crippen LogP contribution in [0.4, 0.5) is 0 Å². The van der Waals surface area contributed by atoms with Crippen LogP contribution in [0.2, 0.25) is 0 Å². The third kappa shape index (κ3) is 1.59. The quantitative estimate of drug-likeness (QED) is 0.658. The van der Waals surface area contributed by atoms with Gasteiger partial charge in [0, 0.05) is 31.2 Å². The molecule has 1 heterocycles. The van der Waals surface area contributed by atoms with Crippen molar-refractivity contribution in [3.63, 3.8) is 0 Å². The lowest BCUT2D eigenvalue weighted by Gasteiger charge is -2.05. The summed E-state index contributed by atoms with van der Waals surface area (Å²) in [6, 6.07) is 4.18. The maximum absolute atomic E-state index is 4.18. The largest absolute Gasteiger partial charge is 0.263 e. The summed E-state index contributed by atoms with van der Waals surface area (Å²) in [6.07, 6.45) is 3.79. The summed E-state index contributed by atoms with van der Waals surface area (Å²) in [6.45, 7) is 2.12. The number of fused-ring (bicyclic) bond motifs is 1. The van der Waals surface area contributed by atoms with Gasteiger partial charge in [0.15, 0.2) is 0 Å². The molecule has 13 heavy (non-hydrogen) atoms. The van der Waals surface area contributed by atoms with Crippen LogP contribution in [0, 0.1) is 10.5 Å². The van der Waals surface area contributed by atoms with Crippen LogP contribution in [-0.2, 0) is 0 Å². The summed E-state index contributed by atoms with van der Waals surface area (Å²) in [5, 5.41) is 2.48. The molecule has 0 amide bonds. The first kappa shape index (κ1) is 9.40. The highest BCUT2D eigenvalue weighted by molar-refractivity contribution is 14.1. The molecule has 0 saturated carbocycles. The fourth-order valence-corrected chi connectivity index (χ4v) is 2.70. The highest BCUT2D eigenvalue weighted by atomic mass is 127. The Morgan fingerprint density at radius 1 is 1.31 bits per heavy atom. The van der Waals surface area contributed by atoms with E-state index in [1.165, 1.54) is 19.9 Å². The maximum Gasteiger partial charge on any atom is 0.0408 e. The molecule has 0 unspecified atom stereocenters. The van der Waals surface area contributed by atoms with E-state index >= 15 is 0 Å². The molecule has 0 saturated heterocycles. The van der Waals surface area contributed by atoms with Crippen LogP contribution in [0.15, 0.2) is 29.0 Å². The normalized spacial score (nSPS) is 10.7. The van der Waals surface area contributed by atoms with E-state index in [9.17, 15) is 0 Å². The average molecular weight is 348 g/mol. The van der Waals surface area contributed by atoms with Crippen LogP contribution >= 0.6 is 38.5 Å². The molecule has 0 bridgehead atoms. The van der Waals surface area contributed by atoms with Crippen molar-refractivity contribution in [3.8, 4) is 0 Å². The van der Waals surface area contributed by atoms with E-state index in [1.54, 1.807) is 0 Å². The molecular weight excluding hydrogens is 341 g/mol. The van der Waals surface area contributed by atoms with E-state index in [1.807, 2.05) is 12.4 Å². The van der Waals surface area contributed by atoms with Crippen molar-refractivity contribution in [2.24, 2.45) is 0 Å². The number of rotatable bonds is 0. The van der Waals surface area contributed by atoms with Crippen LogP contribution in [-0.4, -0.2) is 4.98 Å². The van der Waals surface area contributed by atoms with Gasteiger partial charge in [0.2, 0.25) is 0 Å². The summed E-state index contributed by atoms with van der Waals surface area (Å²) >= 11 is 5.84. The Morgan fingerprint density at radius 2 is 2.08 bits per heavy atom. The van der Waals surface area contributed by atoms with Crippen LogP contribution in [0.3, 0.4) is 0 Å². The van der Waals surface area contributed by atoms with Gasteiger partial charge in [-0.2, -0.15) is 0 Å². The van der Waals surface area contributed by atoms with Gasteiger partial charge >= 0.3 is 0 Å². The number of benzene rings is 1. The predicted molar refractivity (Wildman–Crippen MR) is 66.9 cm³/mol. The predicted octanol–water partition coefficient (Wildman–Crippen LogP) is 3.91. The third-order valence-corrected chi connectivity index (χ3v) is 3.54. The number of hydrogen-bond acceptors (Lipinski definition) is 1. The van der Waals surface area contributed by atoms with Crippen molar-refractivity contribution >= 4 is 49.3 Å². The van der Waals surface area contributed by atoms with E-state index in [0.29, 0.717) is 0 Å². The monoisotopic (exact) mass is 347 g/mol. The SMILES string of the molecule is Cc1ccc(Br)c2cncc(I)c12. The van der Waals surface area contributed by atoms with Crippen molar-refractivity contribution in [3.05, 3.63) is 38.1 Å². The standard InChI is InChI=1S/C10H7BrIN/c1-6-2-3-8(11)7-4-13-5-9(12)10(6)7/h2-5H,1H3. The number of aromatic nitrogens is 1. The van der Waals surface area contributed by atoms with Gasteiger partial charge in [0.1, 0.15) is 0 Å². The van der Waals surface area contributed by atoms with Crippen LogP contribution in [0.1, 0.15) is 5.56 Å². The highest BCUT2D eigenvalue weighted by Crippen LogP contribution is 2.28. The van der Waals surface area contributed by atoms with E-state index in [2.05, 4.69) is 62.6 Å². The van der Waals surface area contributed by atoms with Gasteiger partial charge in [0.05, 0.1) is 0 Å². The summed E-state index contributed by atoms with van der Waals surface area (Å²) in [4.78, 5) is 4.18. The number of nitrogens with zero attached hydrogens (tertiary/aromatic N) is 1. The second-order valence-electron chi connectivity index (χ2n) is 2.91. The number of pyridine rings is 1. The van der Waals surface area contributed by atoms with Gasteiger partial charge in [-0.05, 0) is 41.1 Å². The molecule has 3 heteroatoms. The van der Waals surface area contributed by atoms with Gasteiger partial charge < -0.3 is 0 Å². The topological polar surface area (TPSA) is 12.9 Å². The van der Waals surface area contributed by atoms with Crippen molar-refractivity contribution in [2.75, 3.05) is 0 Å². The van der Waals surface area contributed by atoms with Crippen molar-refractivity contribution in [1.82, 2.24) is 4.98 Å². The fourth-order valence-electron chi connectivity index (χ4n) is 1.39. The van der Waals surface area contributed by atoms with E-state index in [0.717, 1.165) is 4.47 Å². The smallest absolute Gasteiger partial charge is 0.0408 e. The molecule has 0 aliphatic rings. The van der Waals surface area contributed by atoms with E-state index < -0.39 is 0 Å². The lowest BCUT2D eigenvalue weighted by atomic mass is 10.1. The van der Waals surface area contributed by atoms with Gasteiger partial charge in [-0.1, -0.05) is 22.0 Å². The highest BCUT2D eigenvalue weighted by Gasteiger charge is 2.04. The van der Waals surface area contributed by atoms with Gasteiger partial charge in [-0.25, -0.2) is 0 Å². The molecule has 0 fully saturated rings. The molecule has 0 aliphatic heterocycles. The maximum atomic E-state index is 4.18. The minimum Gasteiger partial charge on any atom is -0.263 e. The first-order valence-corrected chi connectivity index (χ1v) is 5.75. The van der Waals surface area contributed by atoms with Crippen LogP contribution in [0.5, 0.6) is 0 Å². The molecule has 1 aromatic carbocycles. The molecule has 0 N–H and O–H groups in total. The second-order valence-corrected chi connectivity index (χ2v) is 4.92. The Bertz CT molecular complexity index is 459. The Labute approximate surface area is 98.8 Å². The Hall–Kier alpha value is -0.160. The Kier molecular flexibility index (Phi) is 2.55. The lowest BCUT2D eigenvalue weighted by molar-refractivity contribution is 1.33. The molecule has 2 rings (SSSR count). The van der Waals surface area contributed by atoms with Crippen molar-refractivity contribution < 1.29 is 0 Å².